The van der Waals surface area contributed by atoms with Crippen LogP contribution in [0.25, 0.3) is 0 Å². The fraction of sp³-hybridized carbons (Fsp3) is 0.579. The predicted octanol–water partition coefficient (Wildman–Crippen LogP) is 1.28. The van der Waals surface area contributed by atoms with Crippen molar-refractivity contribution in [3.8, 4) is 0 Å². The van der Waals surface area contributed by atoms with Gasteiger partial charge < -0.3 is 14.7 Å². The van der Waals surface area contributed by atoms with Gasteiger partial charge in [0.15, 0.2) is 0 Å². The van der Waals surface area contributed by atoms with Crippen molar-refractivity contribution in [3.05, 3.63) is 35.4 Å². The van der Waals surface area contributed by atoms with Crippen LogP contribution in [-0.4, -0.2) is 82.2 Å². The third kappa shape index (κ3) is 3.80. The number of anilines is 1. The number of likely N-dealkylation sites (tertiary alicyclic amines) is 1. The molecule has 0 aliphatic carbocycles. The van der Waals surface area contributed by atoms with Gasteiger partial charge in [-0.05, 0) is 32.9 Å². The molecule has 0 radical (unpaired) electrons. The standard InChI is InChI=1S/C19H27N7O/c1-14-16(12-20-19(22-14)25-10-8-24(2)9-11-25)18(27)26-7-3-4-15(13-26)17-5-6-21-23-17/h5-6,12,15H,3-4,7-11,13H2,1-2H3,(H,21,23)/t15-/m1/s1. The van der Waals surface area contributed by atoms with Gasteiger partial charge in [-0.2, -0.15) is 5.10 Å². The van der Waals surface area contributed by atoms with E-state index >= 15 is 0 Å². The van der Waals surface area contributed by atoms with Gasteiger partial charge in [-0.3, -0.25) is 9.89 Å². The fourth-order valence-electron chi connectivity index (χ4n) is 3.90. The van der Waals surface area contributed by atoms with Crippen LogP contribution in [0, 0.1) is 6.92 Å². The molecule has 1 N–H and O–H groups in total. The number of rotatable bonds is 3. The van der Waals surface area contributed by atoms with Crippen molar-refractivity contribution in [3.63, 3.8) is 0 Å². The van der Waals surface area contributed by atoms with Crippen LogP contribution in [0.5, 0.6) is 0 Å². The van der Waals surface area contributed by atoms with Crippen molar-refractivity contribution in [2.45, 2.75) is 25.7 Å². The number of aryl methyl sites for hydroxylation is 1. The Morgan fingerprint density at radius 1 is 1.22 bits per heavy atom. The molecule has 144 valence electrons. The lowest BCUT2D eigenvalue weighted by Gasteiger charge is -2.33. The topological polar surface area (TPSA) is 81.2 Å². The number of aromatic amines is 1. The first-order valence-electron chi connectivity index (χ1n) is 9.67. The molecule has 2 aliphatic heterocycles. The van der Waals surface area contributed by atoms with E-state index in [1.807, 2.05) is 17.9 Å². The molecule has 2 aromatic rings. The van der Waals surface area contributed by atoms with Crippen molar-refractivity contribution in [2.75, 3.05) is 51.2 Å². The highest BCUT2D eigenvalue weighted by Crippen LogP contribution is 2.26. The third-order valence-corrected chi connectivity index (χ3v) is 5.65. The number of amides is 1. The minimum absolute atomic E-state index is 0.0293. The number of nitrogens with zero attached hydrogens (tertiary/aromatic N) is 6. The molecule has 0 spiro atoms. The van der Waals surface area contributed by atoms with Gasteiger partial charge in [-0.1, -0.05) is 0 Å². The number of piperidine rings is 1. The van der Waals surface area contributed by atoms with Gasteiger partial charge >= 0.3 is 0 Å². The summed E-state index contributed by atoms with van der Waals surface area (Å²) in [6.45, 7) is 7.24. The Balaban J connectivity index is 1.47. The van der Waals surface area contributed by atoms with E-state index in [-0.39, 0.29) is 5.91 Å². The molecule has 2 aromatic heterocycles. The average Bonchev–Trinajstić information content (AvgIpc) is 3.23. The molecule has 2 fully saturated rings. The molecular formula is C19H27N7O. The zero-order valence-electron chi connectivity index (χ0n) is 16.1. The second-order valence-corrected chi connectivity index (χ2v) is 7.56. The van der Waals surface area contributed by atoms with Crippen LogP contribution in [0.15, 0.2) is 18.5 Å². The predicted molar refractivity (Wildman–Crippen MR) is 103 cm³/mol. The van der Waals surface area contributed by atoms with E-state index in [9.17, 15) is 4.79 Å². The molecule has 0 saturated carbocycles. The molecule has 0 unspecified atom stereocenters. The molecule has 2 aliphatic rings. The van der Waals surface area contributed by atoms with Crippen LogP contribution in [-0.2, 0) is 0 Å². The Bertz CT molecular complexity index is 783. The summed E-state index contributed by atoms with van der Waals surface area (Å²) >= 11 is 0. The molecule has 8 heteroatoms. The molecule has 1 amide bonds. The van der Waals surface area contributed by atoms with E-state index in [4.69, 9.17) is 0 Å². The number of carbonyl (C=O) groups is 1. The van der Waals surface area contributed by atoms with E-state index in [0.29, 0.717) is 18.0 Å². The molecule has 1 atom stereocenters. The number of nitrogens with one attached hydrogen (secondary N) is 1. The summed E-state index contributed by atoms with van der Waals surface area (Å²) in [5.41, 5.74) is 2.47. The van der Waals surface area contributed by atoms with Crippen LogP contribution < -0.4 is 4.90 Å². The highest BCUT2D eigenvalue weighted by Gasteiger charge is 2.28. The molecule has 0 bridgehead atoms. The molecule has 8 nitrogen and oxygen atoms in total. The Morgan fingerprint density at radius 2 is 2.04 bits per heavy atom. The lowest BCUT2D eigenvalue weighted by atomic mass is 9.94. The fourth-order valence-corrected chi connectivity index (χ4v) is 3.90. The third-order valence-electron chi connectivity index (χ3n) is 5.65. The summed E-state index contributed by atoms with van der Waals surface area (Å²) in [5.74, 6) is 1.07. The van der Waals surface area contributed by atoms with E-state index in [1.54, 1.807) is 12.4 Å². The minimum atomic E-state index is 0.0293. The number of aromatic nitrogens is 4. The van der Waals surface area contributed by atoms with Crippen molar-refractivity contribution >= 4 is 11.9 Å². The van der Waals surface area contributed by atoms with E-state index in [0.717, 1.165) is 62.9 Å². The Labute approximate surface area is 159 Å². The first-order valence-corrected chi connectivity index (χ1v) is 9.67. The van der Waals surface area contributed by atoms with E-state index in [1.165, 1.54) is 0 Å². The first-order chi connectivity index (χ1) is 13.1. The van der Waals surface area contributed by atoms with Crippen molar-refractivity contribution in [1.29, 1.82) is 0 Å². The average molecular weight is 369 g/mol. The SMILES string of the molecule is Cc1nc(N2CCN(C)CC2)ncc1C(=O)N1CCC[C@@H](c2ccn[nH]2)C1. The summed E-state index contributed by atoms with van der Waals surface area (Å²) in [6.07, 6.45) is 5.54. The van der Waals surface area contributed by atoms with Gasteiger partial charge in [0.1, 0.15) is 0 Å². The smallest absolute Gasteiger partial charge is 0.257 e. The number of carbonyl (C=O) groups excluding carboxylic acids is 1. The highest BCUT2D eigenvalue weighted by molar-refractivity contribution is 5.95. The number of H-pyrrole nitrogens is 1. The quantitative estimate of drug-likeness (QED) is 0.878. The van der Waals surface area contributed by atoms with Crippen molar-refractivity contribution in [1.82, 2.24) is 30.0 Å². The molecular weight excluding hydrogens is 342 g/mol. The zero-order valence-corrected chi connectivity index (χ0v) is 16.1. The summed E-state index contributed by atoms with van der Waals surface area (Å²) in [5, 5.41) is 7.08. The lowest BCUT2D eigenvalue weighted by molar-refractivity contribution is 0.0704. The molecule has 4 rings (SSSR count). The first kappa shape index (κ1) is 17.9. The zero-order chi connectivity index (χ0) is 18.8. The summed E-state index contributed by atoms with van der Waals surface area (Å²) < 4.78 is 0. The van der Waals surface area contributed by atoms with Crippen LogP contribution in [0.1, 0.15) is 40.5 Å². The maximum Gasteiger partial charge on any atom is 0.257 e. The molecule has 0 aromatic carbocycles. The van der Waals surface area contributed by atoms with Crippen LogP contribution in [0.3, 0.4) is 0 Å². The van der Waals surface area contributed by atoms with Gasteiger partial charge in [0, 0.05) is 63.3 Å². The van der Waals surface area contributed by atoms with E-state index < -0.39 is 0 Å². The van der Waals surface area contributed by atoms with Gasteiger partial charge in [0.2, 0.25) is 5.95 Å². The second kappa shape index (κ2) is 7.64. The molecule has 4 heterocycles. The van der Waals surface area contributed by atoms with Gasteiger partial charge in [-0.15, -0.1) is 0 Å². The highest BCUT2D eigenvalue weighted by atomic mass is 16.2. The van der Waals surface area contributed by atoms with Crippen LogP contribution in [0.4, 0.5) is 5.95 Å². The summed E-state index contributed by atoms with van der Waals surface area (Å²) in [7, 11) is 2.13. The summed E-state index contributed by atoms with van der Waals surface area (Å²) in [4.78, 5) is 28.6. The van der Waals surface area contributed by atoms with Gasteiger partial charge in [-0.25, -0.2) is 9.97 Å². The van der Waals surface area contributed by atoms with Crippen molar-refractivity contribution < 1.29 is 4.79 Å². The van der Waals surface area contributed by atoms with Crippen LogP contribution in [0.2, 0.25) is 0 Å². The van der Waals surface area contributed by atoms with Crippen molar-refractivity contribution in [2.24, 2.45) is 0 Å². The van der Waals surface area contributed by atoms with E-state index in [2.05, 4.69) is 37.0 Å². The van der Waals surface area contributed by atoms with Gasteiger partial charge in [0.25, 0.3) is 5.91 Å². The van der Waals surface area contributed by atoms with Gasteiger partial charge in [0.05, 0.1) is 11.3 Å². The number of likely N-dealkylation sites (N-methyl/N-ethyl adjacent to an activating group) is 1. The normalized spacial score (nSPS) is 21.5. The Kier molecular flexibility index (Phi) is 5.07. The second-order valence-electron chi connectivity index (χ2n) is 7.56. The molecule has 27 heavy (non-hydrogen) atoms. The largest absolute Gasteiger partial charge is 0.338 e. The maximum atomic E-state index is 13.1. The number of hydrogen-bond donors (Lipinski definition) is 1. The molecule has 2 saturated heterocycles. The Morgan fingerprint density at radius 3 is 2.74 bits per heavy atom. The minimum Gasteiger partial charge on any atom is -0.338 e. The Hall–Kier alpha value is -2.48. The van der Waals surface area contributed by atoms with Crippen LogP contribution >= 0.6 is 0 Å². The maximum absolute atomic E-state index is 13.1. The summed E-state index contributed by atoms with van der Waals surface area (Å²) in [6, 6.07) is 2.00. The lowest BCUT2D eigenvalue weighted by Crippen LogP contribution is -2.45. The number of hydrogen-bond acceptors (Lipinski definition) is 6. The monoisotopic (exact) mass is 369 g/mol. The number of piperazine rings is 1.